The molecule has 33 heavy (non-hydrogen) atoms. The van der Waals surface area contributed by atoms with Gasteiger partial charge in [0.2, 0.25) is 0 Å². The molecule has 0 unspecified atom stereocenters. The topological polar surface area (TPSA) is 89.8 Å². The number of hydrogen-bond acceptors (Lipinski definition) is 5. The molecular weight excluding hydrogens is 420 g/mol. The molecule has 3 aromatic rings. The normalized spacial score (nSPS) is 12.0. The van der Waals surface area contributed by atoms with Crippen molar-refractivity contribution in [3.05, 3.63) is 89.5 Å². The molecule has 7 heteroatoms. The van der Waals surface area contributed by atoms with Gasteiger partial charge in [-0.05, 0) is 62.7 Å². The second-order valence-electron chi connectivity index (χ2n) is 7.16. The van der Waals surface area contributed by atoms with Crippen LogP contribution in [0.2, 0.25) is 0 Å². The second kappa shape index (κ2) is 11.6. The molecular formula is C26H28N2O5. The van der Waals surface area contributed by atoms with Crippen LogP contribution in [0, 0.1) is 0 Å². The molecule has 0 aliphatic rings. The summed E-state index contributed by atoms with van der Waals surface area (Å²) in [6.07, 6.45) is 2.99. The van der Waals surface area contributed by atoms with Crippen LogP contribution in [0.15, 0.2) is 77.0 Å². The molecule has 2 aromatic carbocycles. The van der Waals surface area contributed by atoms with Crippen LogP contribution in [0.3, 0.4) is 0 Å². The Morgan fingerprint density at radius 3 is 2.36 bits per heavy atom. The van der Waals surface area contributed by atoms with Gasteiger partial charge in [-0.3, -0.25) is 9.59 Å². The summed E-state index contributed by atoms with van der Waals surface area (Å²) < 4.78 is 16.6. The molecule has 0 aliphatic carbocycles. The van der Waals surface area contributed by atoms with Gasteiger partial charge in [-0.2, -0.15) is 0 Å². The van der Waals surface area contributed by atoms with E-state index in [1.54, 1.807) is 36.4 Å². The summed E-state index contributed by atoms with van der Waals surface area (Å²) in [5, 5.41) is 5.62. The number of carbonyl (C=O) groups is 2. The molecule has 3 rings (SSSR count). The predicted molar refractivity (Wildman–Crippen MR) is 126 cm³/mol. The van der Waals surface area contributed by atoms with E-state index in [2.05, 4.69) is 10.6 Å². The zero-order valence-corrected chi connectivity index (χ0v) is 19.0. The molecule has 0 saturated carbocycles. The third-order valence-corrected chi connectivity index (χ3v) is 4.77. The van der Waals surface area contributed by atoms with Crippen LogP contribution >= 0.6 is 0 Å². The third kappa shape index (κ3) is 6.49. The summed E-state index contributed by atoms with van der Waals surface area (Å²) in [5.41, 5.74) is 1.35. The largest absolute Gasteiger partial charge is 0.490 e. The number of furan rings is 1. The van der Waals surface area contributed by atoms with Crippen molar-refractivity contribution in [2.24, 2.45) is 0 Å². The second-order valence-corrected chi connectivity index (χ2v) is 7.16. The van der Waals surface area contributed by atoms with Gasteiger partial charge in [0.25, 0.3) is 11.8 Å². The summed E-state index contributed by atoms with van der Waals surface area (Å²) in [4.78, 5) is 25.8. The van der Waals surface area contributed by atoms with Crippen molar-refractivity contribution in [3.63, 3.8) is 0 Å². The van der Waals surface area contributed by atoms with Crippen LogP contribution in [0.1, 0.15) is 48.5 Å². The van der Waals surface area contributed by atoms with Crippen LogP contribution < -0.4 is 20.1 Å². The average Bonchev–Trinajstić information content (AvgIpc) is 3.33. The lowest BCUT2D eigenvalue weighted by atomic mass is 10.1. The van der Waals surface area contributed by atoms with Gasteiger partial charge >= 0.3 is 0 Å². The summed E-state index contributed by atoms with van der Waals surface area (Å²) in [5.74, 6) is 0.864. The van der Waals surface area contributed by atoms with Gasteiger partial charge in [0.1, 0.15) is 11.5 Å². The minimum Gasteiger partial charge on any atom is -0.490 e. The van der Waals surface area contributed by atoms with Crippen molar-refractivity contribution in [2.75, 3.05) is 13.2 Å². The van der Waals surface area contributed by atoms with Crippen molar-refractivity contribution >= 4 is 17.9 Å². The molecule has 0 spiro atoms. The zero-order valence-electron chi connectivity index (χ0n) is 19.0. The highest BCUT2D eigenvalue weighted by Gasteiger charge is 2.19. The van der Waals surface area contributed by atoms with Gasteiger partial charge in [-0.25, -0.2) is 0 Å². The molecule has 7 nitrogen and oxygen atoms in total. The maximum atomic E-state index is 13.1. The van der Waals surface area contributed by atoms with Gasteiger partial charge in [0.05, 0.1) is 25.5 Å². The first kappa shape index (κ1) is 23.7. The fourth-order valence-electron chi connectivity index (χ4n) is 3.15. The minimum absolute atomic E-state index is 0.0709. The number of amides is 2. The summed E-state index contributed by atoms with van der Waals surface area (Å²) in [7, 11) is 0. The van der Waals surface area contributed by atoms with Crippen LogP contribution in [-0.2, 0) is 4.79 Å². The Labute approximate surface area is 193 Å². The van der Waals surface area contributed by atoms with E-state index in [9.17, 15) is 9.59 Å². The highest BCUT2D eigenvalue weighted by atomic mass is 16.5. The van der Waals surface area contributed by atoms with Gasteiger partial charge in [-0.1, -0.05) is 24.3 Å². The lowest BCUT2D eigenvalue weighted by molar-refractivity contribution is -0.118. The number of carbonyl (C=O) groups excluding carboxylic acids is 2. The van der Waals surface area contributed by atoms with E-state index in [4.69, 9.17) is 13.9 Å². The minimum atomic E-state index is -0.449. The Morgan fingerprint density at radius 2 is 1.70 bits per heavy atom. The molecule has 1 aromatic heterocycles. The standard InChI is InChI=1S/C26H28N2O5/c1-4-31-23-14-13-20(16-24(23)32-5-2)18(3)27-26(30)22(17-21-12-9-15-33-21)28-25(29)19-10-7-6-8-11-19/h6-18H,4-5H2,1-3H3,(H,27,30)(H,28,29)/b22-17-/t18-/m1/s1. The SMILES string of the molecule is CCOc1ccc([C@@H](C)NC(=O)/C(=C/c2ccco2)NC(=O)c2ccccc2)cc1OCC. The molecule has 1 heterocycles. The average molecular weight is 449 g/mol. The van der Waals surface area contributed by atoms with E-state index in [1.165, 1.54) is 12.3 Å². The first-order valence-electron chi connectivity index (χ1n) is 10.8. The van der Waals surface area contributed by atoms with Crippen molar-refractivity contribution in [3.8, 4) is 11.5 Å². The fourth-order valence-corrected chi connectivity index (χ4v) is 3.15. The van der Waals surface area contributed by atoms with Gasteiger partial charge < -0.3 is 24.5 Å². The maximum Gasteiger partial charge on any atom is 0.268 e. The molecule has 2 amide bonds. The van der Waals surface area contributed by atoms with Gasteiger partial charge in [-0.15, -0.1) is 0 Å². The molecule has 0 saturated heterocycles. The van der Waals surface area contributed by atoms with E-state index >= 15 is 0 Å². The van der Waals surface area contributed by atoms with E-state index in [1.807, 2.05) is 45.0 Å². The lowest BCUT2D eigenvalue weighted by Crippen LogP contribution is -2.36. The van der Waals surface area contributed by atoms with Crippen LogP contribution in [0.25, 0.3) is 6.08 Å². The number of benzene rings is 2. The summed E-state index contributed by atoms with van der Waals surface area (Å²) >= 11 is 0. The molecule has 0 radical (unpaired) electrons. The Balaban J connectivity index is 1.80. The van der Waals surface area contributed by atoms with Crippen molar-refractivity contribution in [2.45, 2.75) is 26.8 Å². The number of ether oxygens (including phenoxy) is 2. The van der Waals surface area contributed by atoms with Crippen molar-refractivity contribution < 1.29 is 23.5 Å². The molecule has 172 valence electrons. The maximum absolute atomic E-state index is 13.1. The van der Waals surface area contributed by atoms with Crippen LogP contribution in [-0.4, -0.2) is 25.0 Å². The van der Waals surface area contributed by atoms with Crippen molar-refractivity contribution in [1.29, 1.82) is 0 Å². The Hall–Kier alpha value is -4.00. The fraction of sp³-hybridized carbons (Fsp3) is 0.231. The van der Waals surface area contributed by atoms with E-state index in [0.29, 0.717) is 36.0 Å². The summed E-state index contributed by atoms with van der Waals surface area (Å²) in [6.45, 7) is 6.67. The van der Waals surface area contributed by atoms with Crippen LogP contribution in [0.5, 0.6) is 11.5 Å². The molecule has 0 aliphatic heterocycles. The Morgan fingerprint density at radius 1 is 0.970 bits per heavy atom. The molecule has 0 bridgehead atoms. The highest BCUT2D eigenvalue weighted by molar-refractivity contribution is 6.05. The molecule has 0 fully saturated rings. The zero-order chi connectivity index (χ0) is 23.6. The van der Waals surface area contributed by atoms with Gasteiger partial charge in [0, 0.05) is 11.6 Å². The number of nitrogens with one attached hydrogen (secondary N) is 2. The third-order valence-electron chi connectivity index (χ3n) is 4.77. The van der Waals surface area contributed by atoms with E-state index < -0.39 is 11.8 Å². The van der Waals surface area contributed by atoms with Gasteiger partial charge in [0.15, 0.2) is 11.5 Å². The number of hydrogen-bond donors (Lipinski definition) is 2. The smallest absolute Gasteiger partial charge is 0.268 e. The highest BCUT2D eigenvalue weighted by Crippen LogP contribution is 2.30. The van der Waals surface area contributed by atoms with E-state index in [0.717, 1.165) is 5.56 Å². The lowest BCUT2D eigenvalue weighted by Gasteiger charge is -2.18. The first-order chi connectivity index (χ1) is 16.0. The molecule has 2 N–H and O–H groups in total. The molecule has 1 atom stereocenters. The number of rotatable bonds is 10. The Bertz CT molecular complexity index is 1090. The monoisotopic (exact) mass is 448 g/mol. The predicted octanol–water partition coefficient (Wildman–Crippen LogP) is 4.73. The first-order valence-corrected chi connectivity index (χ1v) is 10.8. The van der Waals surface area contributed by atoms with Crippen LogP contribution in [0.4, 0.5) is 0 Å². The van der Waals surface area contributed by atoms with E-state index in [-0.39, 0.29) is 11.7 Å². The summed E-state index contributed by atoms with van der Waals surface area (Å²) in [6, 6.07) is 17.3. The Kier molecular flexibility index (Phi) is 8.30. The quantitative estimate of drug-likeness (QED) is 0.438. The van der Waals surface area contributed by atoms with Crippen molar-refractivity contribution in [1.82, 2.24) is 10.6 Å².